The molecule has 2 heterocycles. The van der Waals surface area contributed by atoms with Crippen LogP contribution in [-0.4, -0.2) is 79.2 Å². The summed E-state index contributed by atoms with van der Waals surface area (Å²) in [4.78, 5) is 40.0. The fourth-order valence-corrected chi connectivity index (χ4v) is 3.11. The third kappa shape index (κ3) is 4.47. The Kier molecular flexibility index (Phi) is 6.23. The molecule has 152 valence electrons. The van der Waals surface area contributed by atoms with Crippen molar-refractivity contribution in [3.8, 4) is 11.5 Å². The summed E-state index contributed by atoms with van der Waals surface area (Å²) in [6.45, 7) is 5.39. The molecule has 0 saturated carbocycles. The molecule has 9 nitrogen and oxygen atoms in total. The molecule has 0 aromatic heterocycles. The van der Waals surface area contributed by atoms with Crippen LogP contribution in [0, 0.1) is 0 Å². The van der Waals surface area contributed by atoms with E-state index in [1.165, 1.54) is 0 Å². The third-order valence-electron chi connectivity index (χ3n) is 4.65. The van der Waals surface area contributed by atoms with Crippen LogP contribution in [0.3, 0.4) is 0 Å². The highest BCUT2D eigenvalue weighted by atomic mass is 16.6. The molecule has 3 amide bonds. The van der Waals surface area contributed by atoms with Gasteiger partial charge in [0.2, 0.25) is 12.0 Å². The molecule has 1 saturated heterocycles. The number of para-hydroxylation sites is 2. The van der Waals surface area contributed by atoms with Gasteiger partial charge in [-0.25, -0.2) is 4.79 Å². The van der Waals surface area contributed by atoms with E-state index in [-0.39, 0.29) is 18.6 Å². The largest absolute Gasteiger partial charge is 0.485 e. The zero-order valence-electron chi connectivity index (χ0n) is 16.1. The van der Waals surface area contributed by atoms with Crippen molar-refractivity contribution in [1.82, 2.24) is 15.1 Å². The van der Waals surface area contributed by atoms with Crippen molar-refractivity contribution in [2.75, 3.05) is 39.4 Å². The molecule has 1 fully saturated rings. The van der Waals surface area contributed by atoms with Crippen molar-refractivity contribution in [2.45, 2.75) is 26.0 Å². The van der Waals surface area contributed by atoms with E-state index >= 15 is 0 Å². The molecular formula is C19H25N3O6. The van der Waals surface area contributed by atoms with Gasteiger partial charge < -0.3 is 29.3 Å². The molecule has 1 N–H and O–H groups in total. The minimum Gasteiger partial charge on any atom is -0.485 e. The van der Waals surface area contributed by atoms with Gasteiger partial charge in [0.15, 0.2) is 11.5 Å². The summed E-state index contributed by atoms with van der Waals surface area (Å²) < 4.78 is 16.2. The fraction of sp³-hybridized carbons (Fsp3) is 0.526. The zero-order chi connectivity index (χ0) is 20.1. The van der Waals surface area contributed by atoms with Gasteiger partial charge in [-0.15, -0.1) is 0 Å². The minimum atomic E-state index is -0.814. The molecule has 1 aromatic carbocycles. The first kappa shape index (κ1) is 19.8. The Labute approximate surface area is 163 Å². The molecule has 2 atom stereocenters. The third-order valence-corrected chi connectivity index (χ3v) is 4.65. The van der Waals surface area contributed by atoms with Crippen molar-refractivity contribution in [2.24, 2.45) is 0 Å². The smallest absolute Gasteiger partial charge is 0.409 e. The van der Waals surface area contributed by atoms with Crippen LogP contribution in [0.2, 0.25) is 0 Å². The molecule has 2 aliphatic heterocycles. The summed E-state index contributed by atoms with van der Waals surface area (Å²) in [5, 5.41) is 2.69. The Bertz CT molecular complexity index is 732. The van der Waals surface area contributed by atoms with E-state index in [4.69, 9.17) is 14.2 Å². The van der Waals surface area contributed by atoms with Gasteiger partial charge >= 0.3 is 6.09 Å². The van der Waals surface area contributed by atoms with E-state index in [2.05, 4.69) is 5.32 Å². The standard InChI is InChI=1S/C19H25N3O6/c1-3-26-19(25)22-10-8-21(9-11-22)18(24)13(2)20-17(23)16-12-27-14-6-4-5-7-15(14)28-16/h4-7,13,16H,3,8-12H2,1-2H3,(H,20,23). The van der Waals surface area contributed by atoms with E-state index in [0.29, 0.717) is 44.3 Å². The van der Waals surface area contributed by atoms with Crippen LogP contribution in [0.4, 0.5) is 4.79 Å². The van der Waals surface area contributed by atoms with E-state index in [1.54, 1.807) is 41.8 Å². The highest BCUT2D eigenvalue weighted by Gasteiger charge is 2.32. The van der Waals surface area contributed by atoms with Crippen LogP contribution in [-0.2, 0) is 14.3 Å². The van der Waals surface area contributed by atoms with E-state index < -0.39 is 18.1 Å². The number of nitrogens with zero attached hydrogens (tertiary/aromatic N) is 2. The lowest BCUT2D eigenvalue weighted by molar-refractivity contribution is -0.139. The van der Waals surface area contributed by atoms with Crippen LogP contribution in [0.1, 0.15) is 13.8 Å². The molecule has 0 spiro atoms. The number of nitrogens with one attached hydrogen (secondary N) is 1. The molecule has 9 heteroatoms. The molecule has 2 aliphatic rings. The predicted molar refractivity (Wildman–Crippen MR) is 99.1 cm³/mol. The average Bonchev–Trinajstić information content (AvgIpc) is 2.73. The summed E-state index contributed by atoms with van der Waals surface area (Å²) in [5.41, 5.74) is 0. The van der Waals surface area contributed by atoms with Crippen LogP contribution >= 0.6 is 0 Å². The highest BCUT2D eigenvalue weighted by molar-refractivity contribution is 5.89. The second-order valence-corrected chi connectivity index (χ2v) is 6.61. The predicted octanol–water partition coefficient (Wildman–Crippen LogP) is 0.632. The first-order valence-electron chi connectivity index (χ1n) is 9.39. The van der Waals surface area contributed by atoms with Crippen LogP contribution in [0.5, 0.6) is 11.5 Å². The van der Waals surface area contributed by atoms with Gasteiger partial charge in [0.25, 0.3) is 5.91 Å². The normalized spacial score (nSPS) is 19.6. The number of hydrogen-bond acceptors (Lipinski definition) is 6. The summed E-state index contributed by atoms with van der Waals surface area (Å²) >= 11 is 0. The number of amides is 3. The van der Waals surface area contributed by atoms with Crippen molar-refractivity contribution in [3.05, 3.63) is 24.3 Å². The van der Waals surface area contributed by atoms with Gasteiger partial charge in [-0.1, -0.05) is 12.1 Å². The van der Waals surface area contributed by atoms with Crippen molar-refractivity contribution in [3.63, 3.8) is 0 Å². The number of carbonyl (C=O) groups excluding carboxylic acids is 3. The zero-order valence-corrected chi connectivity index (χ0v) is 16.1. The van der Waals surface area contributed by atoms with Crippen molar-refractivity contribution in [1.29, 1.82) is 0 Å². The average molecular weight is 391 g/mol. The maximum atomic E-state index is 12.6. The number of carbonyl (C=O) groups is 3. The van der Waals surface area contributed by atoms with Gasteiger partial charge in [0.1, 0.15) is 12.6 Å². The first-order valence-corrected chi connectivity index (χ1v) is 9.39. The van der Waals surface area contributed by atoms with E-state index in [0.717, 1.165) is 0 Å². The molecule has 0 bridgehead atoms. The number of rotatable bonds is 4. The van der Waals surface area contributed by atoms with Crippen molar-refractivity contribution < 1.29 is 28.6 Å². The lowest BCUT2D eigenvalue weighted by Crippen LogP contribution is -2.56. The van der Waals surface area contributed by atoms with Crippen LogP contribution in [0.15, 0.2) is 24.3 Å². The number of fused-ring (bicyclic) bond motifs is 1. The fourth-order valence-electron chi connectivity index (χ4n) is 3.11. The summed E-state index contributed by atoms with van der Waals surface area (Å²) in [5.74, 6) is 0.493. The molecule has 1 aromatic rings. The number of benzene rings is 1. The quantitative estimate of drug-likeness (QED) is 0.809. The Morgan fingerprint density at radius 2 is 1.79 bits per heavy atom. The molecule has 28 heavy (non-hydrogen) atoms. The topological polar surface area (TPSA) is 97.4 Å². The molecular weight excluding hydrogens is 366 g/mol. The molecule has 0 radical (unpaired) electrons. The Morgan fingerprint density at radius 1 is 1.14 bits per heavy atom. The first-order chi connectivity index (χ1) is 13.5. The Balaban J connectivity index is 1.48. The van der Waals surface area contributed by atoms with Gasteiger partial charge in [0.05, 0.1) is 6.61 Å². The Morgan fingerprint density at radius 3 is 2.46 bits per heavy atom. The Hall–Kier alpha value is -2.97. The lowest BCUT2D eigenvalue weighted by atomic mass is 10.2. The lowest BCUT2D eigenvalue weighted by Gasteiger charge is -2.35. The minimum absolute atomic E-state index is 0.0853. The summed E-state index contributed by atoms with van der Waals surface area (Å²) in [6.07, 6.45) is -1.18. The maximum Gasteiger partial charge on any atom is 0.409 e. The summed E-state index contributed by atoms with van der Waals surface area (Å²) in [7, 11) is 0. The van der Waals surface area contributed by atoms with Gasteiger partial charge in [-0.05, 0) is 26.0 Å². The number of hydrogen-bond donors (Lipinski definition) is 1. The monoisotopic (exact) mass is 391 g/mol. The number of piperazine rings is 1. The van der Waals surface area contributed by atoms with Gasteiger partial charge in [-0.2, -0.15) is 0 Å². The number of ether oxygens (including phenoxy) is 3. The van der Waals surface area contributed by atoms with Crippen molar-refractivity contribution >= 4 is 17.9 Å². The second-order valence-electron chi connectivity index (χ2n) is 6.61. The van der Waals surface area contributed by atoms with E-state index in [1.807, 2.05) is 6.07 Å². The van der Waals surface area contributed by atoms with E-state index in [9.17, 15) is 14.4 Å². The van der Waals surface area contributed by atoms with Crippen LogP contribution < -0.4 is 14.8 Å². The highest BCUT2D eigenvalue weighted by Crippen LogP contribution is 2.30. The maximum absolute atomic E-state index is 12.6. The van der Waals surface area contributed by atoms with Crippen LogP contribution in [0.25, 0.3) is 0 Å². The molecule has 2 unspecified atom stereocenters. The summed E-state index contributed by atoms with van der Waals surface area (Å²) in [6, 6.07) is 6.41. The van der Waals surface area contributed by atoms with Gasteiger partial charge in [-0.3, -0.25) is 9.59 Å². The second kappa shape index (κ2) is 8.81. The SMILES string of the molecule is CCOC(=O)N1CCN(C(=O)C(C)NC(=O)C2COc3ccccc3O2)CC1. The molecule has 0 aliphatic carbocycles. The van der Waals surface area contributed by atoms with Gasteiger partial charge in [0, 0.05) is 26.2 Å². The molecule has 3 rings (SSSR count).